The molecular weight excluding hydrogens is 338 g/mol. The van der Waals surface area contributed by atoms with Gasteiger partial charge in [0, 0.05) is 17.7 Å². The zero-order chi connectivity index (χ0) is 20.7. The minimum absolute atomic E-state index is 0.228. The monoisotopic (exact) mass is 379 g/mol. The van der Waals surface area contributed by atoms with Crippen LogP contribution in [0.15, 0.2) is 23.2 Å². The van der Waals surface area contributed by atoms with Crippen molar-refractivity contribution >= 4 is 11.4 Å². The van der Waals surface area contributed by atoms with Crippen molar-refractivity contribution in [3.8, 4) is 0 Å². The molecule has 0 N–H and O–H groups in total. The second-order valence-electron chi connectivity index (χ2n) is 10.6. The summed E-state index contributed by atoms with van der Waals surface area (Å²) in [5, 5.41) is 0. The summed E-state index contributed by atoms with van der Waals surface area (Å²) < 4.78 is 0. The molecule has 0 amide bonds. The Morgan fingerprint density at radius 2 is 1.68 bits per heavy atom. The fourth-order valence-electron chi connectivity index (χ4n) is 5.52. The lowest BCUT2D eigenvalue weighted by atomic mass is 9.58. The average molecular weight is 380 g/mol. The molecule has 154 valence electrons. The molecule has 0 saturated heterocycles. The molecule has 1 nitrogen and oxygen atoms in total. The lowest BCUT2D eigenvalue weighted by Gasteiger charge is -2.47. The number of rotatable bonds is 6. The summed E-state index contributed by atoms with van der Waals surface area (Å²) in [6, 6.07) is 4.97. The van der Waals surface area contributed by atoms with Crippen LogP contribution < -0.4 is 0 Å². The lowest BCUT2D eigenvalue weighted by molar-refractivity contribution is 0.233. The third-order valence-corrected chi connectivity index (χ3v) is 7.63. The Morgan fingerprint density at radius 1 is 1.04 bits per heavy atom. The molecule has 2 aliphatic rings. The minimum atomic E-state index is 0.228. The fraction of sp³-hybridized carbons (Fsp3) is 0.667. The molecule has 0 radical (unpaired) electrons. The molecule has 0 saturated carbocycles. The van der Waals surface area contributed by atoms with Gasteiger partial charge in [0.05, 0.1) is 5.70 Å². The summed E-state index contributed by atoms with van der Waals surface area (Å²) in [7, 11) is 0. The zero-order valence-electron chi connectivity index (χ0n) is 19.6. The van der Waals surface area contributed by atoms with Gasteiger partial charge >= 0.3 is 0 Å². The second-order valence-corrected chi connectivity index (χ2v) is 10.6. The molecule has 0 fully saturated rings. The molecule has 1 heteroatoms. The van der Waals surface area contributed by atoms with E-state index >= 15 is 0 Å². The third-order valence-electron chi connectivity index (χ3n) is 7.63. The van der Waals surface area contributed by atoms with Gasteiger partial charge in [0.1, 0.15) is 0 Å². The van der Waals surface area contributed by atoms with E-state index in [9.17, 15) is 0 Å². The molecule has 0 aromatic heterocycles. The van der Waals surface area contributed by atoms with Crippen LogP contribution in [0.5, 0.6) is 0 Å². The van der Waals surface area contributed by atoms with E-state index in [1.165, 1.54) is 54.6 Å². The van der Waals surface area contributed by atoms with Gasteiger partial charge in [-0.25, -0.2) is 0 Å². The first kappa shape index (κ1) is 21.3. The Kier molecular flexibility index (Phi) is 5.95. The van der Waals surface area contributed by atoms with Crippen LogP contribution in [0.25, 0.3) is 5.70 Å². The predicted molar refractivity (Wildman–Crippen MR) is 124 cm³/mol. The highest BCUT2D eigenvalue weighted by atomic mass is 14.8. The van der Waals surface area contributed by atoms with E-state index in [0.717, 1.165) is 6.42 Å². The van der Waals surface area contributed by atoms with Gasteiger partial charge < -0.3 is 0 Å². The van der Waals surface area contributed by atoms with Crippen LogP contribution in [0, 0.1) is 18.8 Å². The van der Waals surface area contributed by atoms with Gasteiger partial charge in [-0.3, -0.25) is 4.99 Å². The van der Waals surface area contributed by atoms with E-state index in [2.05, 4.69) is 73.6 Å². The van der Waals surface area contributed by atoms with Crippen LogP contribution in [0.3, 0.4) is 0 Å². The first-order valence-corrected chi connectivity index (χ1v) is 11.5. The summed E-state index contributed by atoms with van der Waals surface area (Å²) in [5.41, 5.74) is 8.94. The lowest BCUT2D eigenvalue weighted by Crippen LogP contribution is -2.40. The molecule has 28 heavy (non-hydrogen) atoms. The molecule has 1 aromatic rings. The quantitative estimate of drug-likeness (QED) is 0.475. The standard InChI is InChI=1S/C27H41N/c1-9-11-20(12-10-2)24-13-14-25(28-24)21-16-22-23(15-18(21)3)27(7,8)19(4)17-26(22,5)6/h14-16,19-20H,9-13,17H2,1-8H3. The van der Waals surface area contributed by atoms with Crippen molar-refractivity contribution < 1.29 is 0 Å². The van der Waals surface area contributed by atoms with Crippen LogP contribution in [0.2, 0.25) is 0 Å². The van der Waals surface area contributed by atoms with Gasteiger partial charge in [-0.15, -0.1) is 0 Å². The molecule has 1 aliphatic heterocycles. The summed E-state index contributed by atoms with van der Waals surface area (Å²) in [4.78, 5) is 5.18. The van der Waals surface area contributed by atoms with Crippen LogP contribution >= 0.6 is 0 Å². The van der Waals surface area contributed by atoms with E-state index < -0.39 is 0 Å². The number of aliphatic imine (C=N–C) groups is 1. The van der Waals surface area contributed by atoms with Crippen LogP contribution in [0.1, 0.15) is 109 Å². The Balaban J connectivity index is 2.01. The molecule has 0 bridgehead atoms. The second kappa shape index (κ2) is 7.81. The number of benzene rings is 1. The summed E-state index contributed by atoms with van der Waals surface area (Å²) >= 11 is 0. The highest BCUT2D eigenvalue weighted by molar-refractivity contribution is 5.97. The number of hydrogen-bond acceptors (Lipinski definition) is 1. The van der Waals surface area contributed by atoms with Crippen molar-refractivity contribution in [3.05, 3.63) is 40.5 Å². The van der Waals surface area contributed by atoms with E-state index in [-0.39, 0.29) is 10.8 Å². The van der Waals surface area contributed by atoms with Crippen LogP contribution in [-0.4, -0.2) is 5.71 Å². The highest BCUT2D eigenvalue weighted by Crippen LogP contribution is 2.50. The van der Waals surface area contributed by atoms with E-state index in [1.54, 1.807) is 11.1 Å². The van der Waals surface area contributed by atoms with Gasteiger partial charge in [0.2, 0.25) is 0 Å². The maximum absolute atomic E-state index is 5.18. The molecule has 1 unspecified atom stereocenters. The van der Waals surface area contributed by atoms with Gasteiger partial charge in [-0.05, 0) is 71.6 Å². The summed E-state index contributed by atoms with van der Waals surface area (Å²) in [6.45, 7) is 19.0. The van der Waals surface area contributed by atoms with Crippen molar-refractivity contribution in [1.82, 2.24) is 0 Å². The van der Waals surface area contributed by atoms with Crippen LogP contribution in [-0.2, 0) is 10.8 Å². The molecule has 3 rings (SSSR count). The van der Waals surface area contributed by atoms with E-state index in [4.69, 9.17) is 4.99 Å². The molecule has 1 heterocycles. The van der Waals surface area contributed by atoms with Gasteiger partial charge in [0.25, 0.3) is 0 Å². The first-order valence-electron chi connectivity index (χ1n) is 11.5. The largest absolute Gasteiger partial charge is 0.257 e. The first-order chi connectivity index (χ1) is 13.1. The summed E-state index contributed by atoms with van der Waals surface area (Å²) in [5.74, 6) is 1.36. The van der Waals surface area contributed by atoms with Gasteiger partial charge in [-0.1, -0.05) is 73.5 Å². The SMILES string of the molecule is CCCC(CCC)C1=NC(c2cc3c(cc2C)C(C)(C)C(C)CC3(C)C)=CC1. The number of hydrogen-bond donors (Lipinski definition) is 0. The van der Waals surface area contributed by atoms with E-state index in [0.29, 0.717) is 11.8 Å². The van der Waals surface area contributed by atoms with Crippen molar-refractivity contribution in [2.75, 3.05) is 0 Å². The minimum Gasteiger partial charge on any atom is -0.257 e. The molecule has 1 aromatic carbocycles. The molecular formula is C27H41N. The van der Waals surface area contributed by atoms with Crippen molar-refractivity contribution in [2.24, 2.45) is 16.8 Å². The maximum atomic E-state index is 5.18. The Hall–Kier alpha value is -1.37. The molecule has 1 aliphatic carbocycles. The third kappa shape index (κ3) is 3.74. The predicted octanol–water partition coefficient (Wildman–Crippen LogP) is 7.99. The Morgan fingerprint density at radius 3 is 2.29 bits per heavy atom. The van der Waals surface area contributed by atoms with Crippen LogP contribution in [0.4, 0.5) is 0 Å². The van der Waals surface area contributed by atoms with E-state index in [1.807, 2.05) is 0 Å². The average Bonchev–Trinajstić information content (AvgIpc) is 3.09. The number of aryl methyl sites for hydroxylation is 1. The number of fused-ring (bicyclic) bond motifs is 1. The van der Waals surface area contributed by atoms with Gasteiger partial charge in [0.15, 0.2) is 0 Å². The molecule has 1 atom stereocenters. The smallest absolute Gasteiger partial charge is 0.0668 e. The summed E-state index contributed by atoms with van der Waals surface area (Å²) in [6.07, 6.45) is 9.72. The maximum Gasteiger partial charge on any atom is 0.0668 e. The normalized spacial score (nSPS) is 22.8. The topological polar surface area (TPSA) is 12.4 Å². The van der Waals surface area contributed by atoms with Gasteiger partial charge in [-0.2, -0.15) is 0 Å². The fourth-order valence-corrected chi connectivity index (χ4v) is 5.52. The van der Waals surface area contributed by atoms with Crippen molar-refractivity contribution in [1.29, 1.82) is 0 Å². The van der Waals surface area contributed by atoms with Crippen molar-refractivity contribution in [3.63, 3.8) is 0 Å². The van der Waals surface area contributed by atoms with Crippen molar-refractivity contribution in [2.45, 2.75) is 105 Å². The number of allylic oxidation sites excluding steroid dienone is 1. The Labute approximate surface area is 173 Å². The number of nitrogens with zero attached hydrogens (tertiary/aromatic N) is 1. The highest BCUT2D eigenvalue weighted by Gasteiger charge is 2.42. The zero-order valence-corrected chi connectivity index (χ0v) is 19.6. The Bertz CT molecular complexity index is 785. The molecule has 0 spiro atoms.